The van der Waals surface area contributed by atoms with Gasteiger partial charge in [-0.3, -0.25) is 9.59 Å². The summed E-state index contributed by atoms with van der Waals surface area (Å²) in [4.78, 5) is 22.2. The van der Waals surface area contributed by atoms with Gasteiger partial charge in [-0.25, -0.2) is 0 Å². The second-order valence-electron chi connectivity index (χ2n) is 5.34. The zero-order valence-corrected chi connectivity index (χ0v) is 12.5. The molecule has 0 aromatic rings. The summed E-state index contributed by atoms with van der Waals surface area (Å²) < 4.78 is 15.1. The SMILES string of the molecule is COC(=O)CCCCOCCCC(=O)OC(C)(C)C. The van der Waals surface area contributed by atoms with Gasteiger partial charge < -0.3 is 14.2 Å². The first kappa shape index (κ1) is 17.9. The van der Waals surface area contributed by atoms with Gasteiger partial charge in [0.1, 0.15) is 5.60 Å². The van der Waals surface area contributed by atoms with Gasteiger partial charge in [0.15, 0.2) is 0 Å². The van der Waals surface area contributed by atoms with Gasteiger partial charge in [0.25, 0.3) is 0 Å². The molecule has 0 aromatic heterocycles. The van der Waals surface area contributed by atoms with Crippen LogP contribution in [0.25, 0.3) is 0 Å². The highest BCUT2D eigenvalue weighted by Gasteiger charge is 2.15. The summed E-state index contributed by atoms with van der Waals surface area (Å²) in [5.74, 6) is -0.383. The van der Waals surface area contributed by atoms with E-state index < -0.39 is 5.60 Å². The van der Waals surface area contributed by atoms with Crippen molar-refractivity contribution < 1.29 is 23.8 Å². The Morgan fingerprint density at radius 3 is 2.05 bits per heavy atom. The van der Waals surface area contributed by atoms with Crippen LogP contribution in [0.15, 0.2) is 0 Å². The molecule has 5 nitrogen and oxygen atoms in total. The lowest BCUT2D eigenvalue weighted by Crippen LogP contribution is -2.23. The molecule has 112 valence electrons. The third-order valence-electron chi connectivity index (χ3n) is 2.24. The van der Waals surface area contributed by atoms with Gasteiger partial charge in [0.05, 0.1) is 7.11 Å². The maximum absolute atomic E-state index is 11.4. The largest absolute Gasteiger partial charge is 0.469 e. The molecule has 0 aliphatic heterocycles. The molecule has 0 aromatic carbocycles. The van der Waals surface area contributed by atoms with E-state index in [1.165, 1.54) is 7.11 Å². The third-order valence-corrected chi connectivity index (χ3v) is 2.24. The van der Waals surface area contributed by atoms with Crippen molar-refractivity contribution in [2.24, 2.45) is 0 Å². The zero-order chi connectivity index (χ0) is 14.7. The molecule has 0 aliphatic rings. The first-order valence-corrected chi connectivity index (χ1v) is 6.71. The molecule has 19 heavy (non-hydrogen) atoms. The van der Waals surface area contributed by atoms with Crippen LogP contribution in [0.1, 0.15) is 52.9 Å². The van der Waals surface area contributed by atoms with Gasteiger partial charge in [-0.1, -0.05) is 0 Å². The average molecular weight is 274 g/mol. The summed E-state index contributed by atoms with van der Waals surface area (Å²) >= 11 is 0. The van der Waals surface area contributed by atoms with E-state index in [1.807, 2.05) is 20.8 Å². The topological polar surface area (TPSA) is 61.8 Å². The van der Waals surface area contributed by atoms with E-state index in [2.05, 4.69) is 4.74 Å². The minimum atomic E-state index is -0.425. The molecule has 0 amide bonds. The fourth-order valence-electron chi connectivity index (χ4n) is 1.39. The molecule has 0 N–H and O–H groups in total. The van der Waals surface area contributed by atoms with E-state index in [0.717, 1.165) is 12.8 Å². The monoisotopic (exact) mass is 274 g/mol. The summed E-state index contributed by atoms with van der Waals surface area (Å²) in [7, 11) is 1.38. The van der Waals surface area contributed by atoms with Gasteiger partial charge in [-0.15, -0.1) is 0 Å². The van der Waals surface area contributed by atoms with Gasteiger partial charge in [0.2, 0.25) is 0 Å². The number of carbonyl (C=O) groups excluding carboxylic acids is 2. The predicted octanol–water partition coefficient (Wildman–Crippen LogP) is 2.47. The molecule has 0 heterocycles. The Kier molecular flexibility index (Phi) is 9.21. The molecule has 0 saturated heterocycles. The molecule has 5 heteroatoms. The fourth-order valence-corrected chi connectivity index (χ4v) is 1.39. The van der Waals surface area contributed by atoms with Crippen molar-refractivity contribution in [1.29, 1.82) is 0 Å². The first-order chi connectivity index (χ1) is 8.85. The Morgan fingerprint density at radius 1 is 0.895 bits per heavy atom. The Hall–Kier alpha value is -1.10. The number of carbonyl (C=O) groups is 2. The van der Waals surface area contributed by atoms with Crippen molar-refractivity contribution in [3.8, 4) is 0 Å². The van der Waals surface area contributed by atoms with E-state index in [0.29, 0.717) is 32.5 Å². The zero-order valence-electron chi connectivity index (χ0n) is 12.5. The van der Waals surface area contributed by atoms with Crippen LogP contribution in [0.5, 0.6) is 0 Å². The van der Waals surface area contributed by atoms with Crippen LogP contribution < -0.4 is 0 Å². The smallest absolute Gasteiger partial charge is 0.306 e. The van der Waals surface area contributed by atoms with Crippen LogP contribution in [-0.2, 0) is 23.8 Å². The second kappa shape index (κ2) is 9.78. The van der Waals surface area contributed by atoms with E-state index in [1.54, 1.807) is 0 Å². The number of unbranched alkanes of at least 4 members (excludes halogenated alkanes) is 1. The Balaban J connectivity index is 3.32. The second-order valence-corrected chi connectivity index (χ2v) is 5.34. The van der Waals surface area contributed by atoms with Gasteiger partial charge in [0, 0.05) is 26.1 Å². The molecular weight excluding hydrogens is 248 g/mol. The molecular formula is C14H26O5. The molecule has 0 aliphatic carbocycles. The Morgan fingerprint density at radius 2 is 1.47 bits per heavy atom. The first-order valence-electron chi connectivity index (χ1n) is 6.71. The summed E-state index contributed by atoms with van der Waals surface area (Å²) in [6, 6.07) is 0. The number of hydrogen-bond acceptors (Lipinski definition) is 5. The highest BCUT2D eigenvalue weighted by Crippen LogP contribution is 2.09. The Bertz CT molecular complexity index is 268. The van der Waals surface area contributed by atoms with Gasteiger partial charge in [-0.05, 0) is 40.0 Å². The lowest BCUT2D eigenvalue weighted by Gasteiger charge is -2.19. The highest BCUT2D eigenvalue weighted by atomic mass is 16.6. The number of ether oxygens (including phenoxy) is 3. The van der Waals surface area contributed by atoms with Crippen molar-refractivity contribution in [2.75, 3.05) is 20.3 Å². The van der Waals surface area contributed by atoms with Crippen LogP contribution in [-0.4, -0.2) is 37.9 Å². The molecule has 0 unspecified atom stereocenters. The van der Waals surface area contributed by atoms with E-state index in [-0.39, 0.29) is 11.9 Å². The van der Waals surface area contributed by atoms with E-state index >= 15 is 0 Å². The van der Waals surface area contributed by atoms with Crippen molar-refractivity contribution in [2.45, 2.75) is 58.5 Å². The molecule has 0 fully saturated rings. The van der Waals surface area contributed by atoms with Crippen molar-refractivity contribution >= 4 is 11.9 Å². The van der Waals surface area contributed by atoms with Crippen LogP contribution in [0.3, 0.4) is 0 Å². The molecule has 0 atom stereocenters. The van der Waals surface area contributed by atoms with Gasteiger partial charge >= 0.3 is 11.9 Å². The van der Waals surface area contributed by atoms with Crippen molar-refractivity contribution in [3.63, 3.8) is 0 Å². The quantitative estimate of drug-likeness (QED) is 0.477. The molecule has 0 bridgehead atoms. The normalized spacial score (nSPS) is 11.2. The van der Waals surface area contributed by atoms with Crippen molar-refractivity contribution in [3.05, 3.63) is 0 Å². The Labute approximate surface area is 115 Å². The summed E-state index contributed by atoms with van der Waals surface area (Å²) in [5, 5.41) is 0. The third kappa shape index (κ3) is 13.1. The van der Waals surface area contributed by atoms with Gasteiger partial charge in [-0.2, -0.15) is 0 Å². The fraction of sp³-hybridized carbons (Fsp3) is 0.857. The number of esters is 2. The van der Waals surface area contributed by atoms with Crippen LogP contribution in [0.2, 0.25) is 0 Å². The minimum Gasteiger partial charge on any atom is -0.469 e. The average Bonchev–Trinajstić information content (AvgIpc) is 2.29. The molecule has 0 radical (unpaired) electrons. The standard InChI is InChI=1S/C14H26O5/c1-14(2,3)19-13(16)9-7-11-18-10-6-5-8-12(15)17-4/h5-11H2,1-4H3. The summed E-state index contributed by atoms with van der Waals surface area (Å²) in [6.45, 7) is 6.69. The van der Waals surface area contributed by atoms with E-state index in [4.69, 9.17) is 9.47 Å². The number of hydrogen-bond donors (Lipinski definition) is 0. The molecule has 0 saturated carbocycles. The maximum atomic E-state index is 11.4. The molecule has 0 rings (SSSR count). The minimum absolute atomic E-state index is 0.190. The lowest BCUT2D eigenvalue weighted by molar-refractivity contribution is -0.155. The summed E-state index contributed by atoms with van der Waals surface area (Å²) in [5.41, 5.74) is -0.425. The molecule has 0 spiro atoms. The number of rotatable bonds is 9. The highest BCUT2D eigenvalue weighted by molar-refractivity contribution is 5.69. The summed E-state index contributed by atoms with van der Waals surface area (Å²) in [6.07, 6.45) is 3.05. The predicted molar refractivity (Wildman–Crippen MR) is 71.8 cm³/mol. The van der Waals surface area contributed by atoms with Crippen LogP contribution in [0.4, 0.5) is 0 Å². The maximum Gasteiger partial charge on any atom is 0.306 e. The van der Waals surface area contributed by atoms with E-state index in [9.17, 15) is 9.59 Å². The number of methoxy groups -OCH3 is 1. The lowest BCUT2D eigenvalue weighted by atomic mass is 10.2. The van der Waals surface area contributed by atoms with Crippen molar-refractivity contribution in [1.82, 2.24) is 0 Å². The van der Waals surface area contributed by atoms with Crippen LogP contribution in [0, 0.1) is 0 Å². The van der Waals surface area contributed by atoms with Crippen LogP contribution >= 0.6 is 0 Å².